The van der Waals surface area contributed by atoms with Crippen molar-refractivity contribution in [2.24, 2.45) is 5.92 Å². The normalized spacial score (nSPS) is 13.3. The molecule has 1 aromatic rings. The van der Waals surface area contributed by atoms with Crippen LogP contribution >= 0.6 is 0 Å². The van der Waals surface area contributed by atoms with E-state index in [1.54, 1.807) is 12.1 Å². The Hall–Kier alpha value is -0.890. The molecule has 0 aromatic heterocycles. The Balaban J connectivity index is 2.59. The van der Waals surface area contributed by atoms with Gasteiger partial charge in [0.15, 0.2) is 0 Å². The summed E-state index contributed by atoms with van der Waals surface area (Å²) in [6, 6.07) is 6.26. The van der Waals surface area contributed by atoms with Gasteiger partial charge in [0.05, 0.1) is 6.10 Å². The van der Waals surface area contributed by atoms with Crippen molar-refractivity contribution in [2.75, 3.05) is 0 Å². The van der Waals surface area contributed by atoms with Crippen molar-refractivity contribution < 1.29 is 9.50 Å². The summed E-state index contributed by atoms with van der Waals surface area (Å²) < 4.78 is 12.5. The van der Waals surface area contributed by atoms with Crippen LogP contribution in [0, 0.1) is 11.7 Å². The molecule has 0 aliphatic heterocycles. The first kappa shape index (κ1) is 10.2. The first-order valence-electron chi connectivity index (χ1n) is 4.52. The fraction of sp³-hybridized carbons (Fsp3) is 0.455. The molecule has 1 aromatic carbocycles. The van der Waals surface area contributed by atoms with Crippen LogP contribution < -0.4 is 0 Å². The topological polar surface area (TPSA) is 20.2 Å². The van der Waals surface area contributed by atoms with Gasteiger partial charge in [-0.15, -0.1) is 0 Å². The summed E-state index contributed by atoms with van der Waals surface area (Å²) in [5.74, 6) is 0.00726. The second-order valence-electron chi connectivity index (χ2n) is 3.64. The molecule has 0 spiro atoms. The molecule has 2 heteroatoms. The van der Waals surface area contributed by atoms with E-state index in [1.807, 2.05) is 13.8 Å². The minimum absolute atomic E-state index is 0.234. The van der Waals surface area contributed by atoms with Gasteiger partial charge >= 0.3 is 0 Å². The molecule has 0 unspecified atom stereocenters. The van der Waals surface area contributed by atoms with E-state index in [9.17, 15) is 9.50 Å². The molecule has 0 bridgehead atoms. The molecular formula is C11H15FO. The number of benzene rings is 1. The predicted octanol–water partition coefficient (Wildman–Crippen LogP) is 2.39. The lowest BCUT2D eigenvalue weighted by molar-refractivity contribution is 0.125. The van der Waals surface area contributed by atoms with Crippen molar-refractivity contribution in [1.82, 2.24) is 0 Å². The summed E-state index contributed by atoms with van der Waals surface area (Å²) in [6.07, 6.45) is 0.253. The first-order chi connectivity index (χ1) is 6.09. The second kappa shape index (κ2) is 4.38. The number of hydrogen-bond acceptors (Lipinski definition) is 1. The van der Waals surface area contributed by atoms with E-state index in [1.165, 1.54) is 12.1 Å². The average Bonchev–Trinajstić information content (AvgIpc) is 2.08. The van der Waals surface area contributed by atoms with Gasteiger partial charge in [0.2, 0.25) is 0 Å². The van der Waals surface area contributed by atoms with Gasteiger partial charge in [0.25, 0.3) is 0 Å². The highest BCUT2D eigenvalue weighted by Gasteiger charge is 2.09. The third kappa shape index (κ3) is 3.15. The summed E-state index contributed by atoms with van der Waals surface area (Å²) in [6.45, 7) is 3.93. The average molecular weight is 182 g/mol. The third-order valence-corrected chi connectivity index (χ3v) is 2.13. The number of aliphatic hydroxyl groups is 1. The molecule has 13 heavy (non-hydrogen) atoms. The van der Waals surface area contributed by atoms with Crippen LogP contribution in [0.4, 0.5) is 4.39 Å². The Labute approximate surface area is 78.2 Å². The molecule has 0 radical (unpaired) electrons. The molecule has 0 heterocycles. The molecule has 0 saturated heterocycles. The molecule has 1 N–H and O–H groups in total. The van der Waals surface area contributed by atoms with E-state index in [0.29, 0.717) is 6.42 Å². The molecule has 0 amide bonds. The molecule has 0 fully saturated rings. The smallest absolute Gasteiger partial charge is 0.123 e. The fourth-order valence-corrected chi connectivity index (χ4v) is 1.10. The van der Waals surface area contributed by atoms with E-state index < -0.39 is 0 Å². The minimum atomic E-state index is -0.342. The SMILES string of the molecule is CC(C)[C@H](O)Cc1ccc(F)cc1. The van der Waals surface area contributed by atoms with Gasteiger partial charge in [-0.2, -0.15) is 0 Å². The van der Waals surface area contributed by atoms with Crippen molar-refractivity contribution in [3.05, 3.63) is 35.6 Å². The van der Waals surface area contributed by atoms with E-state index in [-0.39, 0.29) is 17.8 Å². The van der Waals surface area contributed by atoms with E-state index in [0.717, 1.165) is 5.56 Å². The number of aliphatic hydroxyl groups excluding tert-OH is 1. The monoisotopic (exact) mass is 182 g/mol. The van der Waals surface area contributed by atoms with Crippen LogP contribution in [0.3, 0.4) is 0 Å². The van der Waals surface area contributed by atoms with Gasteiger partial charge in [-0.05, 0) is 30.0 Å². The molecule has 0 aliphatic rings. The molecule has 72 valence electrons. The maximum absolute atomic E-state index is 12.5. The Kier molecular flexibility index (Phi) is 3.43. The summed E-state index contributed by atoms with van der Waals surface area (Å²) in [4.78, 5) is 0. The van der Waals surface area contributed by atoms with Gasteiger partial charge in [-0.25, -0.2) is 4.39 Å². The molecule has 1 rings (SSSR count). The van der Waals surface area contributed by atoms with Crippen molar-refractivity contribution >= 4 is 0 Å². The van der Waals surface area contributed by atoms with Crippen molar-refractivity contribution in [1.29, 1.82) is 0 Å². The molecule has 1 atom stereocenters. The highest BCUT2D eigenvalue weighted by Crippen LogP contribution is 2.10. The Morgan fingerprint density at radius 2 is 1.77 bits per heavy atom. The van der Waals surface area contributed by atoms with Crippen LogP contribution in [0.2, 0.25) is 0 Å². The molecular weight excluding hydrogens is 167 g/mol. The standard InChI is InChI=1S/C11H15FO/c1-8(2)11(13)7-9-3-5-10(12)6-4-9/h3-6,8,11,13H,7H2,1-2H3/t11-/m1/s1. The van der Waals surface area contributed by atoms with Gasteiger partial charge < -0.3 is 5.11 Å². The lowest BCUT2D eigenvalue weighted by atomic mass is 9.99. The summed E-state index contributed by atoms with van der Waals surface area (Å²) in [7, 11) is 0. The zero-order valence-electron chi connectivity index (χ0n) is 8.00. The zero-order chi connectivity index (χ0) is 9.84. The van der Waals surface area contributed by atoms with Gasteiger partial charge in [-0.1, -0.05) is 26.0 Å². The van der Waals surface area contributed by atoms with Crippen LogP contribution in [0.5, 0.6) is 0 Å². The van der Waals surface area contributed by atoms with Crippen molar-refractivity contribution in [3.8, 4) is 0 Å². The predicted molar refractivity (Wildman–Crippen MR) is 50.9 cm³/mol. The molecule has 0 saturated carbocycles. The van der Waals surface area contributed by atoms with Gasteiger partial charge in [0.1, 0.15) is 5.82 Å². The molecule has 0 aliphatic carbocycles. The highest BCUT2D eigenvalue weighted by atomic mass is 19.1. The van der Waals surface area contributed by atoms with Crippen LogP contribution in [-0.2, 0) is 6.42 Å². The third-order valence-electron chi connectivity index (χ3n) is 2.13. The maximum atomic E-state index is 12.5. The van der Waals surface area contributed by atoms with Gasteiger partial charge in [-0.3, -0.25) is 0 Å². The largest absolute Gasteiger partial charge is 0.393 e. The van der Waals surface area contributed by atoms with E-state index in [4.69, 9.17) is 0 Å². The first-order valence-corrected chi connectivity index (χ1v) is 4.52. The van der Waals surface area contributed by atoms with E-state index in [2.05, 4.69) is 0 Å². The van der Waals surface area contributed by atoms with Crippen LogP contribution in [0.25, 0.3) is 0 Å². The lowest BCUT2D eigenvalue weighted by Gasteiger charge is -2.13. The van der Waals surface area contributed by atoms with Gasteiger partial charge in [0, 0.05) is 0 Å². The Morgan fingerprint density at radius 3 is 2.23 bits per heavy atom. The number of hydrogen-bond donors (Lipinski definition) is 1. The lowest BCUT2D eigenvalue weighted by Crippen LogP contribution is -2.17. The Morgan fingerprint density at radius 1 is 1.23 bits per heavy atom. The minimum Gasteiger partial charge on any atom is -0.393 e. The maximum Gasteiger partial charge on any atom is 0.123 e. The number of halogens is 1. The fourth-order valence-electron chi connectivity index (χ4n) is 1.10. The van der Waals surface area contributed by atoms with Crippen LogP contribution in [-0.4, -0.2) is 11.2 Å². The molecule has 1 nitrogen and oxygen atoms in total. The highest BCUT2D eigenvalue weighted by molar-refractivity contribution is 5.16. The summed E-state index contributed by atoms with van der Waals surface area (Å²) >= 11 is 0. The summed E-state index contributed by atoms with van der Waals surface area (Å²) in [5.41, 5.74) is 0.975. The Bertz CT molecular complexity index is 253. The number of rotatable bonds is 3. The van der Waals surface area contributed by atoms with E-state index >= 15 is 0 Å². The van der Waals surface area contributed by atoms with Crippen LogP contribution in [0.1, 0.15) is 19.4 Å². The van der Waals surface area contributed by atoms with Crippen LogP contribution in [0.15, 0.2) is 24.3 Å². The van der Waals surface area contributed by atoms with Crippen molar-refractivity contribution in [2.45, 2.75) is 26.4 Å². The zero-order valence-corrected chi connectivity index (χ0v) is 8.00. The summed E-state index contributed by atoms with van der Waals surface area (Å²) in [5, 5.41) is 9.56. The van der Waals surface area contributed by atoms with Crippen molar-refractivity contribution in [3.63, 3.8) is 0 Å². The quantitative estimate of drug-likeness (QED) is 0.761. The second-order valence-corrected chi connectivity index (χ2v) is 3.64.